The van der Waals surface area contributed by atoms with Crippen molar-refractivity contribution in [1.82, 2.24) is 0 Å². The molecule has 0 aromatic heterocycles. The van der Waals surface area contributed by atoms with Crippen molar-refractivity contribution >= 4 is 15.5 Å². The lowest BCUT2D eigenvalue weighted by Gasteiger charge is -2.06. The van der Waals surface area contributed by atoms with E-state index in [0.717, 1.165) is 5.69 Å². The summed E-state index contributed by atoms with van der Waals surface area (Å²) in [5.41, 5.74) is 0.810. The maximum Gasteiger partial charge on any atom is 0.178 e. The predicted molar refractivity (Wildman–Crippen MR) is 64.4 cm³/mol. The van der Waals surface area contributed by atoms with Gasteiger partial charge in [-0.3, -0.25) is 0 Å². The highest BCUT2D eigenvalue weighted by atomic mass is 32.2. The average molecular weight is 243 g/mol. The molecule has 0 saturated heterocycles. The standard InChI is InChI=1S/C11H17NO3S/c1-2-9-16(14,15)11-5-3-10(4-6-11)12-7-8-13/h3-6,12-13H,2,7-9H2,1H3. The van der Waals surface area contributed by atoms with Crippen molar-refractivity contribution < 1.29 is 13.5 Å². The molecule has 5 heteroatoms. The molecule has 0 aliphatic rings. The molecule has 0 unspecified atom stereocenters. The van der Waals surface area contributed by atoms with Gasteiger partial charge in [0.2, 0.25) is 0 Å². The van der Waals surface area contributed by atoms with Crippen molar-refractivity contribution in [3.8, 4) is 0 Å². The van der Waals surface area contributed by atoms with E-state index in [9.17, 15) is 8.42 Å². The van der Waals surface area contributed by atoms with Gasteiger partial charge < -0.3 is 10.4 Å². The fourth-order valence-electron chi connectivity index (χ4n) is 1.37. The van der Waals surface area contributed by atoms with Crippen LogP contribution in [0, 0.1) is 0 Å². The van der Waals surface area contributed by atoms with Gasteiger partial charge in [-0.15, -0.1) is 0 Å². The number of nitrogens with one attached hydrogen (secondary N) is 1. The maximum atomic E-state index is 11.7. The van der Waals surface area contributed by atoms with Gasteiger partial charge in [0.15, 0.2) is 9.84 Å². The molecule has 0 bridgehead atoms. The van der Waals surface area contributed by atoms with Crippen LogP contribution in [0.4, 0.5) is 5.69 Å². The molecule has 4 nitrogen and oxygen atoms in total. The maximum absolute atomic E-state index is 11.7. The zero-order valence-electron chi connectivity index (χ0n) is 9.31. The Morgan fingerprint density at radius 2 is 1.88 bits per heavy atom. The molecular weight excluding hydrogens is 226 g/mol. The molecule has 0 fully saturated rings. The molecule has 0 heterocycles. The number of aliphatic hydroxyl groups excluding tert-OH is 1. The van der Waals surface area contributed by atoms with Gasteiger partial charge in [0.25, 0.3) is 0 Å². The fourth-order valence-corrected chi connectivity index (χ4v) is 2.69. The Labute approximate surface area is 96.2 Å². The average Bonchev–Trinajstić information content (AvgIpc) is 2.27. The number of benzene rings is 1. The first-order chi connectivity index (χ1) is 7.60. The summed E-state index contributed by atoms with van der Waals surface area (Å²) in [7, 11) is -3.12. The van der Waals surface area contributed by atoms with Gasteiger partial charge in [-0.25, -0.2) is 8.42 Å². The van der Waals surface area contributed by atoms with E-state index < -0.39 is 9.84 Å². The first-order valence-corrected chi connectivity index (χ1v) is 6.93. The van der Waals surface area contributed by atoms with Crippen molar-refractivity contribution in [2.45, 2.75) is 18.2 Å². The third kappa shape index (κ3) is 3.50. The second kappa shape index (κ2) is 5.86. The zero-order chi connectivity index (χ0) is 12.0. The highest BCUT2D eigenvalue weighted by molar-refractivity contribution is 7.91. The van der Waals surface area contributed by atoms with Crippen LogP contribution in [0.2, 0.25) is 0 Å². The van der Waals surface area contributed by atoms with Crippen LogP contribution in [0.25, 0.3) is 0 Å². The molecule has 1 aromatic rings. The molecule has 0 amide bonds. The summed E-state index contributed by atoms with van der Waals surface area (Å²) < 4.78 is 23.4. The SMILES string of the molecule is CCCS(=O)(=O)c1ccc(NCCO)cc1. The van der Waals surface area contributed by atoms with E-state index in [1.54, 1.807) is 24.3 Å². The van der Waals surface area contributed by atoms with E-state index in [0.29, 0.717) is 17.9 Å². The van der Waals surface area contributed by atoms with Crippen LogP contribution in [0.1, 0.15) is 13.3 Å². The monoisotopic (exact) mass is 243 g/mol. The lowest BCUT2D eigenvalue weighted by Crippen LogP contribution is -2.07. The molecule has 1 rings (SSSR count). The van der Waals surface area contributed by atoms with Crippen molar-refractivity contribution in [3.63, 3.8) is 0 Å². The zero-order valence-corrected chi connectivity index (χ0v) is 10.1. The molecular formula is C11H17NO3S. The van der Waals surface area contributed by atoms with Crippen LogP contribution in [-0.2, 0) is 9.84 Å². The topological polar surface area (TPSA) is 66.4 Å². The molecule has 2 N–H and O–H groups in total. The number of aliphatic hydroxyl groups is 1. The van der Waals surface area contributed by atoms with E-state index in [2.05, 4.69) is 5.32 Å². The normalized spacial score (nSPS) is 11.4. The summed E-state index contributed by atoms with van der Waals surface area (Å²) in [4.78, 5) is 0.351. The van der Waals surface area contributed by atoms with Crippen molar-refractivity contribution in [2.75, 3.05) is 24.2 Å². The van der Waals surface area contributed by atoms with Gasteiger partial charge in [0.05, 0.1) is 17.3 Å². The van der Waals surface area contributed by atoms with Crippen LogP contribution in [-0.4, -0.2) is 32.4 Å². The third-order valence-corrected chi connectivity index (χ3v) is 4.06. The molecule has 16 heavy (non-hydrogen) atoms. The van der Waals surface area contributed by atoms with E-state index in [1.807, 2.05) is 6.92 Å². The molecule has 0 radical (unpaired) electrons. The van der Waals surface area contributed by atoms with Gasteiger partial charge >= 0.3 is 0 Å². The van der Waals surface area contributed by atoms with E-state index >= 15 is 0 Å². The summed E-state index contributed by atoms with van der Waals surface area (Å²) in [5, 5.41) is 11.6. The van der Waals surface area contributed by atoms with Gasteiger partial charge in [-0.2, -0.15) is 0 Å². The van der Waals surface area contributed by atoms with E-state index in [4.69, 9.17) is 5.11 Å². The molecule has 0 aliphatic carbocycles. The number of hydrogen-bond donors (Lipinski definition) is 2. The summed E-state index contributed by atoms with van der Waals surface area (Å²) in [6.07, 6.45) is 0.618. The number of sulfone groups is 1. The Bertz CT molecular complexity index is 411. The first kappa shape index (κ1) is 13.0. The lowest BCUT2D eigenvalue weighted by atomic mass is 10.3. The molecule has 0 aliphatic heterocycles. The Balaban J connectivity index is 2.78. The molecule has 0 spiro atoms. The van der Waals surface area contributed by atoms with Gasteiger partial charge in [-0.05, 0) is 30.7 Å². The lowest BCUT2D eigenvalue weighted by molar-refractivity contribution is 0.311. The third-order valence-electron chi connectivity index (χ3n) is 2.13. The second-order valence-electron chi connectivity index (χ2n) is 3.49. The summed E-state index contributed by atoms with van der Waals surface area (Å²) >= 11 is 0. The van der Waals surface area contributed by atoms with Crippen LogP contribution in [0.3, 0.4) is 0 Å². The van der Waals surface area contributed by atoms with Gasteiger partial charge in [0, 0.05) is 12.2 Å². The number of hydrogen-bond acceptors (Lipinski definition) is 4. The van der Waals surface area contributed by atoms with Crippen molar-refractivity contribution in [1.29, 1.82) is 0 Å². The minimum atomic E-state index is -3.12. The van der Waals surface area contributed by atoms with E-state index in [1.165, 1.54) is 0 Å². The molecule has 90 valence electrons. The predicted octanol–water partition coefficient (Wildman–Crippen LogP) is 1.27. The summed E-state index contributed by atoms with van der Waals surface area (Å²) in [6, 6.07) is 6.59. The fraction of sp³-hybridized carbons (Fsp3) is 0.455. The highest BCUT2D eigenvalue weighted by Gasteiger charge is 2.12. The van der Waals surface area contributed by atoms with Crippen molar-refractivity contribution in [2.24, 2.45) is 0 Å². The second-order valence-corrected chi connectivity index (χ2v) is 5.60. The number of rotatable bonds is 6. The van der Waals surface area contributed by atoms with Crippen LogP contribution in [0.5, 0.6) is 0 Å². The van der Waals surface area contributed by atoms with Crippen LogP contribution in [0.15, 0.2) is 29.2 Å². The largest absolute Gasteiger partial charge is 0.395 e. The smallest absolute Gasteiger partial charge is 0.178 e. The quantitative estimate of drug-likeness (QED) is 0.789. The highest BCUT2D eigenvalue weighted by Crippen LogP contribution is 2.15. The van der Waals surface area contributed by atoms with Crippen molar-refractivity contribution in [3.05, 3.63) is 24.3 Å². The molecule has 0 atom stereocenters. The minimum absolute atomic E-state index is 0.0515. The van der Waals surface area contributed by atoms with Gasteiger partial charge in [-0.1, -0.05) is 6.92 Å². The molecule has 0 saturated carbocycles. The Morgan fingerprint density at radius 1 is 1.25 bits per heavy atom. The van der Waals surface area contributed by atoms with Crippen LogP contribution < -0.4 is 5.32 Å². The first-order valence-electron chi connectivity index (χ1n) is 5.27. The number of anilines is 1. The Hall–Kier alpha value is -1.07. The Morgan fingerprint density at radius 3 is 2.38 bits per heavy atom. The Kier molecular flexibility index (Phi) is 4.76. The minimum Gasteiger partial charge on any atom is -0.395 e. The van der Waals surface area contributed by atoms with E-state index in [-0.39, 0.29) is 12.4 Å². The van der Waals surface area contributed by atoms with Crippen LogP contribution >= 0.6 is 0 Å². The van der Waals surface area contributed by atoms with Gasteiger partial charge in [0.1, 0.15) is 0 Å². The summed E-state index contributed by atoms with van der Waals surface area (Å²) in [6.45, 7) is 2.35. The summed E-state index contributed by atoms with van der Waals surface area (Å²) in [5.74, 6) is 0.177. The molecule has 1 aromatic carbocycles.